The highest BCUT2D eigenvalue weighted by atomic mass is 32.1. The predicted octanol–water partition coefficient (Wildman–Crippen LogP) is 1.77. The molecule has 10 heteroatoms. The number of likely N-dealkylation sites (tertiary alicyclic amines) is 1. The van der Waals surface area contributed by atoms with E-state index in [1.807, 2.05) is 35.5 Å². The van der Waals surface area contributed by atoms with Gasteiger partial charge in [0.05, 0.1) is 24.6 Å². The number of ether oxygens (including phenoxy) is 1. The van der Waals surface area contributed by atoms with E-state index in [-0.39, 0.29) is 18.4 Å². The quantitative estimate of drug-likeness (QED) is 0.244. The maximum absolute atomic E-state index is 12.2. The van der Waals surface area contributed by atoms with E-state index >= 15 is 0 Å². The summed E-state index contributed by atoms with van der Waals surface area (Å²) in [7, 11) is 0. The maximum atomic E-state index is 12.2. The third kappa shape index (κ3) is 7.76. The number of quaternary nitrogens is 1. The van der Waals surface area contributed by atoms with Crippen molar-refractivity contribution in [3.05, 3.63) is 28.7 Å². The molecule has 0 saturated carbocycles. The summed E-state index contributed by atoms with van der Waals surface area (Å²) < 4.78 is 5.25. The van der Waals surface area contributed by atoms with Crippen LogP contribution < -0.4 is 16.8 Å². The highest BCUT2D eigenvalue weighted by molar-refractivity contribution is 7.09. The fourth-order valence-electron chi connectivity index (χ4n) is 3.70. The number of piperidine rings is 1. The number of aromatic nitrogens is 2. The SMILES string of the molecule is CCOCC(=O)N1CCC[C@H](C(N)=NCc2nc(-c3ccc(NCCCC[NH3+])nc3)cs2)C1. The van der Waals surface area contributed by atoms with Crippen molar-refractivity contribution in [1.82, 2.24) is 14.9 Å². The zero-order valence-electron chi connectivity index (χ0n) is 19.5. The van der Waals surface area contributed by atoms with Crippen molar-refractivity contribution in [3.63, 3.8) is 0 Å². The fraction of sp³-hybridized carbons (Fsp3) is 0.565. The smallest absolute Gasteiger partial charge is 0.248 e. The third-order valence-corrected chi connectivity index (χ3v) is 6.45. The number of nitrogens with one attached hydrogen (secondary N) is 1. The molecule has 0 bridgehead atoms. The van der Waals surface area contributed by atoms with E-state index in [4.69, 9.17) is 15.5 Å². The molecule has 0 aromatic carbocycles. The number of thiazole rings is 1. The van der Waals surface area contributed by atoms with Crippen molar-refractivity contribution in [2.75, 3.05) is 44.7 Å². The lowest BCUT2D eigenvalue weighted by Crippen LogP contribution is -2.50. The number of pyridine rings is 1. The van der Waals surface area contributed by atoms with Crippen molar-refractivity contribution in [2.24, 2.45) is 16.6 Å². The molecule has 6 N–H and O–H groups in total. The van der Waals surface area contributed by atoms with E-state index in [1.165, 1.54) is 0 Å². The van der Waals surface area contributed by atoms with Gasteiger partial charge in [-0.15, -0.1) is 11.3 Å². The van der Waals surface area contributed by atoms with E-state index in [1.54, 1.807) is 11.3 Å². The molecule has 1 saturated heterocycles. The van der Waals surface area contributed by atoms with Crippen molar-refractivity contribution >= 4 is 28.9 Å². The summed E-state index contributed by atoms with van der Waals surface area (Å²) >= 11 is 1.57. The van der Waals surface area contributed by atoms with Gasteiger partial charge in [-0.3, -0.25) is 9.79 Å². The van der Waals surface area contributed by atoms with Gasteiger partial charge in [0.15, 0.2) is 0 Å². The van der Waals surface area contributed by atoms with Crippen LogP contribution in [0.25, 0.3) is 11.3 Å². The van der Waals surface area contributed by atoms with Gasteiger partial charge in [0.2, 0.25) is 5.91 Å². The molecular weight excluding hydrogens is 438 g/mol. The minimum atomic E-state index is 0.0204. The maximum Gasteiger partial charge on any atom is 0.248 e. The average Bonchev–Trinajstić information content (AvgIpc) is 3.33. The van der Waals surface area contributed by atoms with Crippen molar-refractivity contribution in [2.45, 2.75) is 39.2 Å². The zero-order valence-corrected chi connectivity index (χ0v) is 20.3. The fourth-order valence-corrected chi connectivity index (χ4v) is 4.42. The first-order chi connectivity index (χ1) is 16.1. The highest BCUT2D eigenvalue weighted by Crippen LogP contribution is 2.23. The minimum absolute atomic E-state index is 0.0204. The summed E-state index contributed by atoms with van der Waals surface area (Å²) in [6, 6.07) is 4.01. The summed E-state index contributed by atoms with van der Waals surface area (Å²) in [6.07, 6.45) is 5.92. The average molecular weight is 475 g/mol. The molecule has 2 aromatic rings. The Labute approximate surface area is 199 Å². The van der Waals surface area contributed by atoms with Gasteiger partial charge in [0.25, 0.3) is 0 Å². The number of carbonyl (C=O) groups excluding carboxylic acids is 1. The number of rotatable bonds is 12. The number of amides is 1. The van der Waals surface area contributed by atoms with Crippen LogP contribution in [0.2, 0.25) is 0 Å². The number of carbonyl (C=O) groups is 1. The topological polar surface area (TPSA) is 133 Å². The van der Waals surface area contributed by atoms with Crippen LogP contribution in [-0.4, -0.2) is 66.0 Å². The zero-order chi connectivity index (χ0) is 23.5. The Hall–Kier alpha value is -2.56. The van der Waals surface area contributed by atoms with Gasteiger partial charge in [-0.1, -0.05) is 0 Å². The lowest BCUT2D eigenvalue weighted by Gasteiger charge is -2.32. The van der Waals surface area contributed by atoms with Crippen LogP contribution >= 0.6 is 11.3 Å². The van der Waals surface area contributed by atoms with Crippen LogP contribution in [0.5, 0.6) is 0 Å². The number of unbranched alkanes of at least 4 members (excludes halogenated alkanes) is 1. The number of nitrogens with zero attached hydrogens (tertiary/aromatic N) is 4. The largest absolute Gasteiger partial charge is 0.387 e. The molecule has 1 aliphatic rings. The van der Waals surface area contributed by atoms with Crippen LogP contribution in [0, 0.1) is 5.92 Å². The lowest BCUT2D eigenvalue weighted by atomic mass is 9.97. The predicted molar refractivity (Wildman–Crippen MR) is 132 cm³/mol. The van der Waals surface area contributed by atoms with Crippen LogP contribution in [0.3, 0.4) is 0 Å². The molecule has 1 aliphatic heterocycles. The number of anilines is 1. The Bertz CT molecular complexity index is 900. The van der Waals surface area contributed by atoms with Crippen LogP contribution in [-0.2, 0) is 16.1 Å². The Balaban J connectivity index is 1.52. The molecule has 1 atom stereocenters. The van der Waals surface area contributed by atoms with Crippen LogP contribution in [0.1, 0.15) is 37.6 Å². The molecule has 33 heavy (non-hydrogen) atoms. The van der Waals surface area contributed by atoms with E-state index in [9.17, 15) is 4.79 Å². The van der Waals surface area contributed by atoms with Gasteiger partial charge >= 0.3 is 0 Å². The number of aliphatic imine (C=N–C) groups is 1. The minimum Gasteiger partial charge on any atom is -0.387 e. The summed E-state index contributed by atoms with van der Waals surface area (Å²) in [4.78, 5) is 27.8. The van der Waals surface area contributed by atoms with E-state index in [0.717, 1.165) is 67.4 Å². The molecule has 180 valence electrons. The second kappa shape index (κ2) is 13.2. The molecule has 2 aromatic heterocycles. The first-order valence-corrected chi connectivity index (χ1v) is 12.6. The summed E-state index contributed by atoms with van der Waals surface area (Å²) in [5.41, 5.74) is 12.0. The molecule has 1 fully saturated rings. The Morgan fingerprint density at radius 1 is 1.42 bits per heavy atom. The second-order valence-electron chi connectivity index (χ2n) is 8.10. The third-order valence-electron chi connectivity index (χ3n) is 5.61. The molecule has 9 nitrogen and oxygen atoms in total. The molecular formula is C23H36N7O2S+. The normalized spacial score (nSPS) is 16.7. The van der Waals surface area contributed by atoms with Crippen LogP contribution in [0.4, 0.5) is 5.82 Å². The van der Waals surface area contributed by atoms with E-state index < -0.39 is 0 Å². The Kier molecular flexibility index (Phi) is 10.0. The second-order valence-corrected chi connectivity index (χ2v) is 9.05. The van der Waals surface area contributed by atoms with Crippen molar-refractivity contribution in [3.8, 4) is 11.3 Å². The molecule has 1 amide bonds. The monoisotopic (exact) mass is 474 g/mol. The van der Waals surface area contributed by atoms with Gasteiger partial charge in [-0.05, 0) is 44.7 Å². The number of hydrogen-bond acceptors (Lipinski definition) is 7. The Morgan fingerprint density at radius 2 is 2.30 bits per heavy atom. The van der Waals surface area contributed by atoms with E-state index in [2.05, 4.69) is 21.0 Å². The molecule has 0 spiro atoms. The van der Waals surface area contributed by atoms with Gasteiger partial charge in [-0.2, -0.15) is 0 Å². The first-order valence-electron chi connectivity index (χ1n) is 11.7. The van der Waals surface area contributed by atoms with Gasteiger partial charge in [-0.25, -0.2) is 9.97 Å². The summed E-state index contributed by atoms with van der Waals surface area (Å²) in [6.45, 7) is 6.22. The van der Waals surface area contributed by atoms with Crippen molar-refractivity contribution < 1.29 is 15.3 Å². The Morgan fingerprint density at radius 3 is 3.06 bits per heavy atom. The molecule has 0 aliphatic carbocycles. The van der Waals surface area contributed by atoms with Gasteiger partial charge in [0, 0.05) is 49.3 Å². The number of hydrogen-bond donors (Lipinski definition) is 3. The molecule has 3 heterocycles. The lowest BCUT2D eigenvalue weighted by molar-refractivity contribution is -0.368. The summed E-state index contributed by atoms with van der Waals surface area (Å²) in [5.74, 6) is 1.57. The van der Waals surface area contributed by atoms with E-state index in [0.29, 0.717) is 25.5 Å². The van der Waals surface area contributed by atoms with Gasteiger partial charge < -0.3 is 26.4 Å². The summed E-state index contributed by atoms with van der Waals surface area (Å²) in [5, 5.41) is 6.26. The van der Waals surface area contributed by atoms with Crippen LogP contribution in [0.15, 0.2) is 28.7 Å². The standard InChI is InChI=1S/C23H35N7O2S/c1-2-32-15-22(31)30-11-5-6-18(14-30)23(25)28-13-21-29-19(16-33-21)17-7-8-20(27-12-17)26-10-4-3-9-24/h7-8,12,16,18H,2-6,9-11,13-15,24H2,1H3,(H2,25,28)(H,26,27)/p+1/t18-/m0/s1. The number of nitrogens with two attached hydrogens (primary N) is 1. The molecule has 3 rings (SSSR count). The van der Waals surface area contributed by atoms with Crippen molar-refractivity contribution in [1.29, 1.82) is 0 Å². The number of amidine groups is 1. The first kappa shape index (κ1) is 25.1. The van der Waals surface area contributed by atoms with Gasteiger partial charge in [0.1, 0.15) is 17.4 Å². The molecule has 0 radical (unpaired) electrons. The molecule has 0 unspecified atom stereocenters. The highest BCUT2D eigenvalue weighted by Gasteiger charge is 2.25.